The minimum absolute atomic E-state index is 0.0318. The Morgan fingerprint density at radius 3 is 2.22 bits per heavy atom. The van der Waals surface area contributed by atoms with Gasteiger partial charge in [-0.25, -0.2) is 0 Å². The summed E-state index contributed by atoms with van der Waals surface area (Å²) < 4.78 is 10.2. The van der Waals surface area contributed by atoms with Gasteiger partial charge in [0.25, 0.3) is 0 Å². The average Bonchev–Trinajstić information content (AvgIpc) is 2.28. The number of carbonyl (C=O) groups excluding carboxylic acids is 2. The number of hydrogen-bond donors (Lipinski definition) is 0. The molecule has 18 heavy (non-hydrogen) atoms. The molecule has 4 nitrogen and oxygen atoms in total. The van der Waals surface area contributed by atoms with E-state index in [-0.39, 0.29) is 36.8 Å². The maximum Gasteiger partial charge on any atom is 0.306 e. The van der Waals surface area contributed by atoms with Crippen LogP contribution in [-0.4, -0.2) is 24.6 Å². The van der Waals surface area contributed by atoms with Gasteiger partial charge >= 0.3 is 11.9 Å². The quantitative estimate of drug-likeness (QED) is 0.471. The first-order chi connectivity index (χ1) is 8.49. The number of rotatable bonds is 9. The Labute approximate surface area is 110 Å². The molecule has 4 heteroatoms. The molecule has 0 saturated carbocycles. The van der Waals surface area contributed by atoms with Crippen LogP contribution in [0.4, 0.5) is 0 Å². The summed E-state index contributed by atoms with van der Waals surface area (Å²) >= 11 is 0. The third-order valence-corrected chi connectivity index (χ3v) is 2.70. The zero-order chi connectivity index (χ0) is 14.0. The zero-order valence-corrected chi connectivity index (χ0v) is 12.0. The van der Waals surface area contributed by atoms with Crippen LogP contribution in [0.3, 0.4) is 0 Å². The highest BCUT2D eigenvalue weighted by molar-refractivity contribution is 5.73. The Bertz CT molecular complexity index is 250. The van der Waals surface area contributed by atoms with Crippen molar-refractivity contribution in [2.24, 2.45) is 5.92 Å². The Morgan fingerprint density at radius 1 is 1.06 bits per heavy atom. The zero-order valence-electron chi connectivity index (χ0n) is 12.0. The highest BCUT2D eigenvalue weighted by Crippen LogP contribution is 2.11. The second kappa shape index (κ2) is 9.92. The van der Waals surface area contributed by atoms with Gasteiger partial charge in [-0.15, -0.1) is 0 Å². The van der Waals surface area contributed by atoms with Crippen molar-refractivity contribution in [2.75, 3.05) is 6.61 Å². The Morgan fingerprint density at radius 2 is 1.67 bits per heavy atom. The molecule has 0 aromatic rings. The van der Waals surface area contributed by atoms with Gasteiger partial charge in [-0.2, -0.15) is 0 Å². The SMILES string of the molecule is CCCCOC(=O)CC(C)CC(=O)OC(C)CC. The summed E-state index contributed by atoms with van der Waals surface area (Å²) in [5, 5.41) is 0. The standard InChI is InChI=1S/C14H26O4/c1-5-7-8-17-13(15)9-11(3)10-14(16)18-12(4)6-2/h11-12H,5-10H2,1-4H3. The molecule has 0 spiro atoms. The maximum atomic E-state index is 11.5. The van der Waals surface area contributed by atoms with Crippen LogP contribution in [0.5, 0.6) is 0 Å². The number of hydrogen-bond acceptors (Lipinski definition) is 4. The van der Waals surface area contributed by atoms with Crippen molar-refractivity contribution >= 4 is 11.9 Å². The molecule has 2 atom stereocenters. The first-order valence-corrected chi connectivity index (χ1v) is 6.84. The number of esters is 2. The lowest BCUT2D eigenvalue weighted by Gasteiger charge is -2.14. The largest absolute Gasteiger partial charge is 0.466 e. The van der Waals surface area contributed by atoms with Gasteiger partial charge in [0.05, 0.1) is 12.7 Å². The van der Waals surface area contributed by atoms with Crippen molar-refractivity contribution < 1.29 is 19.1 Å². The summed E-state index contributed by atoms with van der Waals surface area (Å²) in [5.41, 5.74) is 0. The van der Waals surface area contributed by atoms with Crippen molar-refractivity contribution in [3.05, 3.63) is 0 Å². The van der Waals surface area contributed by atoms with Crippen molar-refractivity contribution in [3.8, 4) is 0 Å². The molecule has 0 aliphatic heterocycles. The van der Waals surface area contributed by atoms with E-state index in [0.29, 0.717) is 6.61 Å². The third kappa shape index (κ3) is 9.02. The summed E-state index contributed by atoms with van der Waals surface area (Å²) in [5.74, 6) is -0.499. The topological polar surface area (TPSA) is 52.6 Å². The fraction of sp³-hybridized carbons (Fsp3) is 0.857. The molecule has 0 amide bonds. The molecule has 0 aliphatic carbocycles. The molecule has 0 saturated heterocycles. The molecule has 0 fully saturated rings. The van der Waals surface area contributed by atoms with Crippen molar-refractivity contribution in [2.45, 2.75) is 65.9 Å². The summed E-state index contributed by atoms with van der Waals surface area (Å²) in [4.78, 5) is 22.9. The Balaban J connectivity index is 3.78. The van der Waals surface area contributed by atoms with Gasteiger partial charge in [0.15, 0.2) is 0 Å². The van der Waals surface area contributed by atoms with Crippen LogP contribution in [0.25, 0.3) is 0 Å². The first-order valence-electron chi connectivity index (χ1n) is 6.84. The minimum atomic E-state index is -0.238. The van der Waals surface area contributed by atoms with E-state index in [2.05, 4.69) is 0 Å². The normalized spacial score (nSPS) is 13.8. The van der Waals surface area contributed by atoms with Gasteiger partial charge in [0.1, 0.15) is 0 Å². The highest BCUT2D eigenvalue weighted by Gasteiger charge is 2.16. The average molecular weight is 258 g/mol. The molecule has 106 valence electrons. The molecular weight excluding hydrogens is 232 g/mol. The van der Waals surface area contributed by atoms with E-state index >= 15 is 0 Å². The van der Waals surface area contributed by atoms with Gasteiger partial charge < -0.3 is 9.47 Å². The van der Waals surface area contributed by atoms with Crippen LogP contribution in [0.1, 0.15) is 59.8 Å². The molecule has 0 rings (SSSR count). The minimum Gasteiger partial charge on any atom is -0.466 e. The summed E-state index contributed by atoms with van der Waals surface area (Å²) in [7, 11) is 0. The van der Waals surface area contributed by atoms with Crippen LogP contribution >= 0.6 is 0 Å². The van der Waals surface area contributed by atoms with Gasteiger partial charge in [-0.3, -0.25) is 9.59 Å². The van der Waals surface area contributed by atoms with Crippen LogP contribution in [0.15, 0.2) is 0 Å². The summed E-state index contributed by atoms with van der Waals surface area (Å²) in [6, 6.07) is 0. The lowest BCUT2D eigenvalue weighted by Crippen LogP contribution is -2.18. The van der Waals surface area contributed by atoms with E-state index < -0.39 is 0 Å². The summed E-state index contributed by atoms with van der Waals surface area (Å²) in [6.07, 6.45) is 3.19. The van der Waals surface area contributed by atoms with Crippen LogP contribution in [-0.2, 0) is 19.1 Å². The number of unbranched alkanes of at least 4 members (excludes halogenated alkanes) is 1. The summed E-state index contributed by atoms with van der Waals surface area (Å²) in [6.45, 7) is 8.20. The van der Waals surface area contributed by atoms with Gasteiger partial charge in [-0.05, 0) is 25.7 Å². The molecule has 2 unspecified atom stereocenters. The van der Waals surface area contributed by atoms with Crippen LogP contribution in [0.2, 0.25) is 0 Å². The molecule has 0 heterocycles. The molecular formula is C14H26O4. The monoisotopic (exact) mass is 258 g/mol. The van der Waals surface area contributed by atoms with E-state index in [0.717, 1.165) is 19.3 Å². The fourth-order valence-electron chi connectivity index (χ4n) is 1.39. The molecule has 0 radical (unpaired) electrons. The van der Waals surface area contributed by atoms with Gasteiger partial charge in [0, 0.05) is 12.8 Å². The van der Waals surface area contributed by atoms with Gasteiger partial charge in [-0.1, -0.05) is 27.2 Å². The van der Waals surface area contributed by atoms with Gasteiger partial charge in [0.2, 0.25) is 0 Å². The van der Waals surface area contributed by atoms with E-state index in [1.807, 2.05) is 27.7 Å². The Kier molecular flexibility index (Phi) is 9.33. The molecule has 0 aromatic carbocycles. The van der Waals surface area contributed by atoms with E-state index in [1.54, 1.807) is 0 Å². The lowest BCUT2D eigenvalue weighted by atomic mass is 10.0. The highest BCUT2D eigenvalue weighted by atomic mass is 16.5. The fourth-order valence-corrected chi connectivity index (χ4v) is 1.39. The lowest BCUT2D eigenvalue weighted by molar-refractivity contribution is -0.150. The predicted octanol–water partition coefficient (Wildman–Crippen LogP) is 3.09. The third-order valence-electron chi connectivity index (χ3n) is 2.70. The van der Waals surface area contributed by atoms with Crippen molar-refractivity contribution in [1.82, 2.24) is 0 Å². The van der Waals surface area contributed by atoms with Crippen molar-refractivity contribution in [3.63, 3.8) is 0 Å². The van der Waals surface area contributed by atoms with Crippen LogP contribution in [0, 0.1) is 5.92 Å². The maximum absolute atomic E-state index is 11.5. The second-order valence-electron chi connectivity index (χ2n) is 4.80. The molecule has 0 N–H and O–H groups in total. The molecule has 0 aliphatic rings. The smallest absolute Gasteiger partial charge is 0.306 e. The van der Waals surface area contributed by atoms with Crippen molar-refractivity contribution in [1.29, 1.82) is 0 Å². The molecule has 0 bridgehead atoms. The predicted molar refractivity (Wildman–Crippen MR) is 70.1 cm³/mol. The number of ether oxygens (including phenoxy) is 2. The van der Waals surface area contributed by atoms with E-state index in [4.69, 9.17) is 9.47 Å². The molecule has 0 aromatic heterocycles. The number of carbonyl (C=O) groups is 2. The van der Waals surface area contributed by atoms with E-state index in [1.165, 1.54) is 0 Å². The van der Waals surface area contributed by atoms with E-state index in [9.17, 15) is 9.59 Å². The second-order valence-corrected chi connectivity index (χ2v) is 4.80. The Hall–Kier alpha value is -1.06. The first kappa shape index (κ1) is 16.9. The van der Waals surface area contributed by atoms with Crippen LogP contribution < -0.4 is 0 Å².